The van der Waals surface area contributed by atoms with Crippen LogP contribution in [0.15, 0.2) is 60.7 Å². The third-order valence-electron chi connectivity index (χ3n) is 5.87. The Labute approximate surface area is 228 Å². The third-order valence-corrected chi connectivity index (χ3v) is 7.24. The number of ether oxygens (including phenoxy) is 2. The number of ketones is 1. The summed E-state index contributed by atoms with van der Waals surface area (Å²) in [5.74, 6) is -2.10. The average molecular weight is 553 g/mol. The number of nitrogens with zero attached hydrogens (tertiary/aromatic N) is 2. The Bertz CT molecular complexity index is 1480. The van der Waals surface area contributed by atoms with Crippen LogP contribution in [-0.4, -0.2) is 41.0 Å². The standard InChI is InChI=1S/C28H25ClN2O6S/c1-5-12-37-27(35)25-16(4)30-28(38-25)31-22(17-8-7-9-19(29)14-17)21(24(33)26(31)34)23(32)18-10-11-20(36-6-2)15(3)13-18/h5,7-11,13-14,22,32H,1,6,12H2,2-4H3/b23-21+. The van der Waals surface area contributed by atoms with Gasteiger partial charge in [0, 0.05) is 10.6 Å². The van der Waals surface area contributed by atoms with Crippen molar-refractivity contribution in [1.29, 1.82) is 0 Å². The van der Waals surface area contributed by atoms with Gasteiger partial charge in [0.2, 0.25) is 0 Å². The lowest BCUT2D eigenvalue weighted by Gasteiger charge is -2.23. The third kappa shape index (κ3) is 5.07. The number of amides is 1. The summed E-state index contributed by atoms with van der Waals surface area (Å²) in [6.07, 6.45) is 1.44. The number of thiazole rings is 1. The van der Waals surface area contributed by atoms with Crippen LogP contribution in [0.4, 0.5) is 5.13 Å². The van der Waals surface area contributed by atoms with Crippen molar-refractivity contribution in [2.75, 3.05) is 18.1 Å². The van der Waals surface area contributed by atoms with E-state index in [4.69, 9.17) is 21.1 Å². The summed E-state index contributed by atoms with van der Waals surface area (Å²) < 4.78 is 10.7. The SMILES string of the molecule is C=CCOC(=O)c1sc(N2C(=O)C(=O)/C(=C(/O)c3ccc(OCC)c(C)c3)C2c2cccc(Cl)c2)nc1C. The van der Waals surface area contributed by atoms with Crippen LogP contribution in [0.25, 0.3) is 5.76 Å². The molecule has 3 aromatic rings. The summed E-state index contributed by atoms with van der Waals surface area (Å²) in [7, 11) is 0. The molecule has 0 radical (unpaired) electrons. The monoisotopic (exact) mass is 552 g/mol. The van der Waals surface area contributed by atoms with E-state index in [1.165, 1.54) is 11.0 Å². The van der Waals surface area contributed by atoms with Gasteiger partial charge in [-0.2, -0.15) is 0 Å². The molecule has 196 valence electrons. The lowest BCUT2D eigenvalue weighted by Crippen LogP contribution is -2.29. The number of carbonyl (C=O) groups excluding carboxylic acids is 3. The van der Waals surface area contributed by atoms with Crippen LogP contribution in [0, 0.1) is 13.8 Å². The fourth-order valence-corrected chi connectivity index (χ4v) is 5.35. The van der Waals surface area contributed by atoms with Crippen molar-refractivity contribution < 1.29 is 29.0 Å². The number of esters is 1. The summed E-state index contributed by atoms with van der Waals surface area (Å²) in [6.45, 7) is 9.31. The van der Waals surface area contributed by atoms with Gasteiger partial charge in [0.1, 0.15) is 23.0 Å². The molecule has 2 aromatic carbocycles. The van der Waals surface area contributed by atoms with E-state index in [-0.39, 0.29) is 27.9 Å². The van der Waals surface area contributed by atoms with Gasteiger partial charge in [-0.25, -0.2) is 9.78 Å². The van der Waals surface area contributed by atoms with Gasteiger partial charge >= 0.3 is 11.9 Å². The number of Topliss-reactive ketones (excluding diaryl/α,β-unsaturated/α-hetero) is 1. The molecular weight excluding hydrogens is 528 g/mol. The molecule has 1 N–H and O–H groups in total. The van der Waals surface area contributed by atoms with Crippen molar-refractivity contribution in [3.8, 4) is 5.75 Å². The second-order valence-corrected chi connectivity index (χ2v) is 9.85. The van der Waals surface area contributed by atoms with Gasteiger partial charge in [0.05, 0.1) is 23.9 Å². The topological polar surface area (TPSA) is 106 Å². The molecule has 0 saturated carbocycles. The van der Waals surface area contributed by atoms with Crippen molar-refractivity contribution in [3.63, 3.8) is 0 Å². The zero-order chi connectivity index (χ0) is 27.6. The number of carbonyl (C=O) groups is 3. The Morgan fingerprint density at radius 1 is 1.24 bits per heavy atom. The van der Waals surface area contributed by atoms with Crippen molar-refractivity contribution in [2.24, 2.45) is 0 Å². The Morgan fingerprint density at radius 2 is 2.00 bits per heavy atom. The number of hydrogen-bond donors (Lipinski definition) is 1. The van der Waals surface area contributed by atoms with E-state index in [1.54, 1.807) is 49.4 Å². The number of aromatic nitrogens is 1. The Kier molecular flexibility index (Phi) is 7.99. The van der Waals surface area contributed by atoms with E-state index in [2.05, 4.69) is 11.6 Å². The molecule has 1 aliphatic rings. The van der Waals surface area contributed by atoms with Gasteiger partial charge in [-0.3, -0.25) is 14.5 Å². The van der Waals surface area contributed by atoms with Crippen molar-refractivity contribution in [1.82, 2.24) is 4.98 Å². The van der Waals surface area contributed by atoms with Gasteiger partial charge in [-0.05, 0) is 62.2 Å². The average Bonchev–Trinajstić information content (AvgIpc) is 3.40. The molecule has 10 heteroatoms. The molecule has 1 aliphatic heterocycles. The summed E-state index contributed by atoms with van der Waals surface area (Å²) in [5.41, 5.74) is 1.81. The molecule has 0 bridgehead atoms. The highest BCUT2D eigenvalue weighted by Crippen LogP contribution is 2.44. The molecule has 8 nitrogen and oxygen atoms in total. The largest absolute Gasteiger partial charge is 0.507 e. The zero-order valence-corrected chi connectivity index (χ0v) is 22.6. The highest BCUT2D eigenvalue weighted by Gasteiger charge is 2.48. The first-order valence-electron chi connectivity index (χ1n) is 11.7. The molecule has 1 unspecified atom stereocenters. The minimum Gasteiger partial charge on any atom is -0.507 e. The number of anilines is 1. The van der Waals surface area contributed by atoms with Gasteiger partial charge in [-0.1, -0.05) is 47.7 Å². The smallest absolute Gasteiger partial charge is 0.350 e. The van der Waals surface area contributed by atoms with Crippen LogP contribution in [0.2, 0.25) is 5.02 Å². The molecule has 1 saturated heterocycles. The van der Waals surface area contributed by atoms with Gasteiger partial charge in [0.15, 0.2) is 5.13 Å². The highest BCUT2D eigenvalue weighted by molar-refractivity contribution is 7.17. The fourth-order valence-electron chi connectivity index (χ4n) is 4.17. The first kappa shape index (κ1) is 27.1. The maximum absolute atomic E-state index is 13.4. The first-order chi connectivity index (χ1) is 18.2. The molecule has 1 fully saturated rings. The second kappa shape index (κ2) is 11.2. The summed E-state index contributed by atoms with van der Waals surface area (Å²) in [6, 6.07) is 10.6. The predicted molar refractivity (Wildman–Crippen MR) is 146 cm³/mol. The molecule has 0 aliphatic carbocycles. The van der Waals surface area contributed by atoms with Gasteiger partial charge in [-0.15, -0.1) is 0 Å². The minimum absolute atomic E-state index is 0.0139. The van der Waals surface area contributed by atoms with Gasteiger partial charge < -0.3 is 14.6 Å². The van der Waals surface area contributed by atoms with Crippen molar-refractivity contribution >= 4 is 51.5 Å². The van der Waals surface area contributed by atoms with E-state index < -0.39 is 23.7 Å². The molecule has 1 atom stereocenters. The number of benzene rings is 2. The van der Waals surface area contributed by atoms with Crippen LogP contribution in [0.3, 0.4) is 0 Å². The number of aliphatic hydroxyl groups is 1. The molecule has 0 spiro atoms. The van der Waals surface area contributed by atoms with Crippen LogP contribution in [0.5, 0.6) is 5.75 Å². The molecule has 1 amide bonds. The van der Waals surface area contributed by atoms with E-state index in [0.29, 0.717) is 34.2 Å². The van der Waals surface area contributed by atoms with Crippen LogP contribution in [0.1, 0.15) is 45.0 Å². The van der Waals surface area contributed by atoms with Crippen LogP contribution >= 0.6 is 22.9 Å². The van der Waals surface area contributed by atoms with E-state index in [9.17, 15) is 19.5 Å². The Hall–Kier alpha value is -3.95. The lowest BCUT2D eigenvalue weighted by atomic mass is 9.95. The summed E-state index contributed by atoms with van der Waals surface area (Å²) in [4.78, 5) is 45.1. The molecule has 2 heterocycles. The lowest BCUT2D eigenvalue weighted by molar-refractivity contribution is -0.132. The maximum Gasteiger partial charge on any atom is 0.350 e. The number of aryl methyl sites for hydroxylation is 2. The molecule has 4 rings (SSSR count). The Balaban J connectivity index is 1.88. The van der Waals surface area contributed by atoms with E-state index >= 15 is 0 Å². The normalized spacial score (nSPS) is 16.5. The van der Waals surface area contributed by atoms with Crippen molar-refractivity contribution in [3.05, 3.63) is 93.0 Å². The fraction of sp³-hybridized carbons (Fsp3) is 0.214. The van der Waals surface area contributed by atoms with Crippen LogP contribution in [-0.2, 0) is 14.3 Å². The number of aliphatic hydroxyl groups excluding tert-OH is 1. The van der Waals surface area contributed by atoms with E-state index in [1.807, 2.05) is 13.8 Å². The molecule has 1 aromatic heterocycles. The minimum atomic E-state index is -1.04. The first-order valence-corrected chi connectivity index (χ1v) is 12.9. The quantitative estimate of drug-likeness (QED) is 0.124. The van der Waals surface area contributed by atoms with Gasteiger partial charge in [0.25, 0.3) is 5.78 Å². The summed E-state index contributed by atoms with van der Waals surface area (Å²) >= 11 is 7.18. The number of rotatable bonds is 8. The zero-order valence-electron chi connectivity index (χ0n) is 21.0. The predicted octanol–water partition coefficient (Wildman–Crippen LogP) is 5.78. The van der Waals surface area contributed by atoms with Crippen molar-refractivity contribution in [2.45, 2.75) is 26.8 Å². The van der Waals surface area contributed by atoms with E-state index in [0.717, 1.165) is 16.9 Å². The summed E-state index contributed by atoms with van der Waals surface area (Å²) in [5, 5.41) is 11.9. The number of hydrogen-bond acceptors (Lipinski definition) is 8. The molecule has 38 heavy (non-hydrogen) atoms. The number of halogens is 1. The molecular formula is C28H25ClN2O6S. The van der Waals surface area contributed by atoms with Crippen LogP contribution < -0.4 is 9.64 Å². The maximum atomic E-state index is 13.4. The Morgan fingerprint density at radius 3 is 2.66 bits per heavy atom. The highest BCUT2D eigenvalue weighted by atomic mass is 35.5. The second-order valence-electron chi connectivity index (χ2n) is 8.44.